The number of hydrogen-bond acceptors (Lipinski definition) is 4. The van der Waals surface area contributed by atoms with Gasteiger partial charge < -0.3 is 13.7 Å². The second-order valence-corrected chi connectivity index (χ2v) is 9.32. The van der Waals surface area contributed by atoms with Crippen molar-refractivity contribution in [3.63, 3.8) is 0 Å². The van der Waals surface area contributed by atoms with Crippen molar-refractivity contribution >= 4 is 21.8 Å². The highest BCUT2D eigenvalue weighted by Crippen LogP contribution is 2.31. The molecule has 0 bridgehead atoms. The van der Waals surface area contributed by atoms with E-state index in [1.165, 1.54) is 18.4 Å². The van der Waals surface area contributed by atoms with Gasteiger partial charge in [0, 0.05) is 37.8 Å². The van der Waals surface area contributed by atoms with Crippen LogP contribution >= 0.6 is 0 Å². The molecule has 1 aromatic carbocycles. The highest BCUT2D eigenvalue weighted by atomic mass is 32.2. The Balaban J connectivity index is 1.38. The molecule has 1 atom stereocenters. The van der Waals surface area contributed by atoms with E-state index in [2.05, 4.69) is 0 Å². The first kappa shape index (κ1) is 22.6. The van der Waals surface area contributed by atoms with Gasteiger partial charge in [0.05, 0.1) is 29.7 Å². The van der Waals surface area contributed by atoms with Gasteiger partial charge >= 0.3 is 6.18 Å². The van der Waals surface area contributed by atoms with Crippen LogP contribution in [0, 0.1) is 5.92 Å². The van der Waals surface area contributed by atoms with Crippen molar-refractivity contribution in [1.82, 2.24) is 8.87 Å². The van der Waals surface area contributed by atoms with Crippen molar-refractivity contribution < 1.29 is 26.5 Å². The molecule has 0 aliphatic carbocycles. The van der Waals surface area contributed by atoms with Crippen molar-refractivity contribution in [2.24, 2.45) is 5.92 Å². The molecule has 0 saturated carbocycles. The minimum absolute atomic E-state index is 0.128. The van der Waals surface area contributed by atoms with Crippen LogP contribution in [0.15, 0.2) is 52.1 Å². The lowest BCUT2D eigenvalue weighted by molar-refractivity contribution is -0.137. The lowest BCUT2D eigenvalue weighted by Crippen LogP contribution is -2.36. The third-order valence-electron chi connectivity index (χ3n) is 5.63. The number of nitrogens with zero attached hydrogens (tertiary/aromatic N) is 2. The van der Waals surface area contributed by atoms with E-state index in [0.717, 1.165) is 38.1 Å². The van der Waals surface area contributed by atoms with Crippen molar-refractivity contribution in [1.29, 1.82) is 0 Å². The SMILES string of the molecule is CS(=O)N1CCC(COc2coc(Cn3cc4ccc(C(F)(F)F)cc4c3)cc2=O)CC1. The Bertz CT molecular complexity index is 1180. The standard InChI is InChI=1S/C22H23F3N2O4S/c1-32(29)27-6-4-15(5-7-27)13-31-21-14-30-19(9-20(21)28)12-26-10-16-2-3-18(22(23,24)25)8-17(16)11-26/h2-3,8-11,14-15H,4-7,12-13H2,1H3. The van der Waals surface area contributed by atoms with Gasteiger partial charge in [0.15, 0.2) is 0 Å². The summed E-state index contributed by atoms with van der Waals surface area (Å²) in [5.74, 6) is 0.780. The van der Waals surface area contributed by atoms with E-state index < -0.39 is 22.7 Å². The smallest absolute Gasteiger partial charge is 0.416 e. The fourth-order valence-corrected chi connectivity index (χ4v) is 4.54. The molecule has 3 heterocycles. The number of alkyl halides is 3. The summed E-state index contributed by atoms with van der Waals surface area (Å²) in [5.41, 5.74) is -1.01. The van der Waals surface area contributed by atoms with Gasteiger partial charge in [0.25, 0.3) is 0 Å². The minimum Gasteiger partial charge on any atom is -0.486 e. The lowest BCUT2D eigenvalue weighted by Gasteiger charge is -2.29. The summed E-state index contributed by atoms with van der Waals surface area (Å²) in [7, 11) is -0.965. The van der Waals surface area contributed by atoms with Crippen LogP contribution < -0.4 is 10.2 Å². The Morgan fingerprint density at radius 1 is 1.16 bits per heavy atom. The highest BCUT2D eigenvalue weighted by molar-refractivity contribution is 7.81. The van der Waals surface area contributed by atoms with Gasteiger partial charge in [-0.1, -0.05) is 6.07 Å². The molecule has 1 fully saturated rings. The van der Waals surface area contributed by atoms with Crippen LogP contribution in [0.2, 0.25) is 0 Å². The summed E-state index contributed by atoms with van der Waals surface area (Å²) in [5, 5.41) is 1.12. The third kappa shape index (κ3) is 5.24. The summed E-state index contributed by atoms with van der Waals surface area (Å²) in [6.07, 6.45) is 3.53. The Hall–Kier alpha value is -2.59. The number of ether oxygens (including phenoxy) is 1. The quantitative estimate of drug-likeness (QED) is 0.548. The van der Waals surface area contributed by atoms with E-state index in [0.29, 0.717) is 23.1 Å². The number of piperidine rings is 1. The largest absolute Gasteiger partial charge is 0.486 e. The van der Waals surface area contributed by atoms with Gasteiger partial charge in [-0.25, -0.2) is 8.51 Å². The van der Waals surface area contributed by atoms with Crippen LogP contribution in [0.4, 0.5) is 13.2 Å². The molecule has 1 aliphatic heterocycles. The Kier molecular flexibility index (Phi) is 6.43. The Morgan fingerprint density at radius 3 is 2.53 bits per heavy atom. The molecule has 3 aromatic rings. The molecule has 4 rings (SSSR count). The average Bonchev–Trinajstić information content (AvgIpc) is 3.14. The molecule has 172 valence electrons. The zero-order valence-electron chi connectivity index (χ0n) is 17.4. The fourth-order valence-electron chi connectivity index (χ4n) is 3.81. The Morgan fingerprint density at radius 2 is 1.88 bits per heavy atom. The van der Waals surface area contributed by atoms with Crippen LogP contribution in [-0.4, -0.2) is 39.0 Å². The van der Waals surface area contributed by atoms with E-state index in [9.17, 15) is 22.2 Å². The van der Waals surface area contributed by atoms with Crippen LogP contribution in [0.3, 0.4) is 0 Å². The van der Waals surface area contributed by atoms with Gasteiger partial charge in [0.2, 0.25) is 11.2 Å². The molecule has 6 nitrogen and oxygen atoms in total. The van der Waals surface area contributed by atoms with E-state index in [1.54, 1.807) is 23.2 Å². The summed E-state index contributed by atoms with van der Waals surface area (Å²) in [6.45, 7) is 2.07. The molecule has 1 aliphatic rings. The molecule has 32 heavy (non-hydrogen) atoms. The van der Waals surface area contributed by atoms with Gasteiger partial charge in [-0.05, 0) is 41.7 Å². The maximum absolute atomic E-state index is 12.9. The number of aromatic nitrogens is 1. The van der Waals surface area contributed by atoms with Gasteiger partial charge in [-0.15, -0.1) is 0 Å². The summed E-state index contributed by atoms with van der Waals surface area (Å²) in [6, 6.07) is 4.90. The van der Waals surface area contributed by atoms with Crippen molar-refractivity contribution in [2.75, 3.05) is 26.0 Å². The van der Waals surface area contributed by atoms with Crippen molar-refractivity contribution in [3.05, 3.63) is 64.5 Å². The lowest BCUT2D eigenvalue weighted by atomic mass is 9.99. The summed E-state index contributed by atoms with van der Waals surface area (Å²) >= 11 is 0. The Labute approximate surface area is 185 Å². The molecule has 2 aromatic heterocycles. The second kappa shape index (κ2) is 9.11. The first-order chi connectivity index (χ1) is 15.2. The van der Waals surface area contributed by atoms with Gasteiger partial charge in [-0.3, -0.25) is 4.79 Å². The maximum Gasteiger partial charge on any atom is 0.416 e. The van der Waals surface area contributed by atoms with Crippen LogP contribution in [-0.2, 0) is 23.7 Å². The molecule has 1 unspecified atom stereocenters. The predicted molar refractivity (Wildman–Crippen MR) is 115 cm³/mol. The fraction of sp³-hybridized carbons (Fsp3) is 0.409. The number of fused-ring (bicyclic) bond motifs is 1. The topological polar surface area (TPSA) is 64.7 Å². The molecular formula is C22H23F3N2O4S. The molecule has 0 radical (unpaired) electrons. The van der Waals surface area contributed by atoms with Crippen molar-refractivity contribution in [2.45, 2.75) is 25.6 Å². The maximum atomic E-state index is 12.9. The normalized spacial score (nSPS) is 17.0. The molecule has 10 heteroatoms. The number of rotatable bonds is 6. The van der Waals surface area contributed by atoms with Gasteiger partial charge in [-0.2, -0.15) is 13.2 Å². The zero-order chi connectivity index (χ0) is 22.9. The summed E-state index contributed by atoms with van der Waals surface area (Å²) < 4.78 is 65.0. The van der Waals surface area contributed by atoms with E-state index in [4.69, 9.17) is 9.15 Å². The first-order valence-electron chi connectivity index (χ1n) is 10.2. The molecule has 0 amide bonds. The molecule has 0 spiro atoms. The zero-order valence-corrected chi connectivity index (χ0v) is 18.2. The van der Waals surface area contributed by atoms with E-state index >= 15 is 0 Å². The van der Waals surface area contributed by atoms with E-state index in [1.807, 2.05) is 4.31 Å². The average molecular weight is 468 g/mol. The monoisotopic (exact) mass is 468 g/mol. The predicted octanol–water partition coefficient (Wildman–Crippen LogP) is 4.05. The first-order valence-corrected chi connectivity index (χ1v) is 11.7. The summed E-state index contributed by atoms with van der Waals surface area (Å²) in [4.78, 5) is 12.4. The van der Waals surface area contributed by atoms with Crippen LogP contribution in [0.1, 0.15) is 24.2 Å². The minimum atomic E-state index is -4.40. The molecular weight excluding hydrogens is 445 g/mol. The highest BCUT2D eigenvalue weighted by Gasteiger charge is 2.30. The van der Waals surface area contributed by atoms with Crippen molar-refractivity contribution in [3.8, 4) is 5.75 Å². The van der Waals surface area contributed by atoms with Gasteiger partial charge in [0.1, 0.15) is 12.0 Å². The molecule has 1 saturated heterocycles. The second-order valence-electron chi connectivity index (χ2n) is 7.95. The van der Waals surface area contributed by atoms with Crippen LogP contribution in [0.25, 0.3) is 10.8 Å². The molecule has 0 N–H and O–H groups in total. The number of halogens is 3. The van der Waals surface area contributed by atoms with Crippen LogP contribution in [0.5, 0.6) is 5.75 Å². The number of benzene rings is 1. The number of hydrogen-bond donors (Lipinski definition) is 0. The van der Waals surface area contributed by atoms with E-state index in [-0.39, 0.29) is 23.6 Å². The third-order valence-corrected chi connectivity index (χ3v) is 6.72.